The Labute approximate surface area is 162 Å². The van der Waals surface area contributed by atoms with Crippen molar-refractivity contribution in [2.75, 3.05) is 32.0 Å². The van der Waals surface area contributed by atoms with Crippen LogP contribution in [0, 0.1) is 13.8 Å². The third kappa shape index (κ3) is 6.22. The van der Waals surface area contributed by atoms with Crippen molar-refractivity contribution in [3.63, 3.8) is 0 Å². The standard InChI is InChI=1S/C22H29N3O2/c1-5-25(14-19-11-7-6-8-12-19)22(27)16-24(4)15-21(26)23-20-13-9-10-17(2)18(20)3/h6-13H,5,14-16H2,1-4H3,(H,23,26). The summed E-state index contributed by atoms with van der Waals surface area (Å²) < 4.78 is 0. The van der Waals surface area contributed by atoms with Gasteiger partial charge in [-0.15, -0.1) is 0 Å². The lowest BCUT2D eigenvalue weighted by Crippen LogP contribution is -2.41. The minimum absolute atomic E-state index is 0.0170. The molecule has 0 saturated carbocycles. The molecule has 0 aliphatic heterocycles. The molecule has 2 aromatic rings. The third-order valence-corrected chi connectivity index (χ3v) is 4.65. The molecule has 0 unspecified atom stereocenters. The van der Waals surface area contributed by atoms with E-state index in [2.05, 4.69) is 5.32 Å². The van der Waals surface area contributed by atoms with Crippen LogP contribution in [0.1, 0.15) is 23.6 Å². The molecule has 2 amide bonds. The van der Waals surface area contributed by atoms with E-state index in [1.807, 2.05) is 69.3 Å². The average molecular weight is 367 g/mol. The Hall–Kier alpha value is -2.66. The number of hydrogen-bond acceptors (Lipinski definition) is 3. The zero-order chi connectivity index (χ0) is 19.8. The first-order chi connectivity index (χ1) is 12.9. The number of amides is 2. The van der Waals surface area contributed by atoms with Gasteiger partial charge in [-0.05, 0) is 50.6 Å². The topological polar surface area (TPSA) is 52.7 Å². The largest absolute Gasteiger partial charge is 0.338 e. The van der Waals surface area contributed by atoms with Crippen LogP contribution in [0.15, 0.2) is 48.5 Å². The Morgan fingerprint density at radius 1 is 0.963 bits per heavy atom. The van der Waals surface area contributed by atoms with Gasteiger partial charge in [0.1, 0.15) is 0 Å². The lowest BCUT2D eigenvalue weighted by molar-refractivity contribution is -0.132. The monoisotopic (exact) mass is 367 g/mol. The van der Waals surface area contributed by atoms with Gasteiger partial charge in [0.05, 0.1) is 13.1 Å². The second kappa shape index (κ2) is 9.88. The zero-order valence-corrected chi connectivity index (χ0v) is 16.7. The number of aryl methyl sites for hydroxylation is 1. The first kappa shape index (κ1) is 20.6. The van der Waals surface area contributed by atoms with Gasteiger partial charge >= 0.3 is 0 Å². The van der Waals surface area contributed by atoms with Gasteiger partial charge in [0.2, 0.25) is 11.8 Å². The summed E-state index contributed by atoms with van der Waals surface area (Å²) in [6.45, 7) is 7.56. The molecule has 2 aromatic carbocycles. The smallest absolute Gasteiger partial charge is 0.238 e. The van der Waals surface area contributed by atoms with Crippen molar-refractivity contribution in [1.82, 2.24) is 9.80 Å². The molecule has 0 saturated heterocycles. The molecule has 0 aliphatic carbocycles. The van der Waals surface area contributed by atoms with Crippen molar-refractivity contribution in [3.8, 4) is 0 Å². The lowest BCUT2D eigenvalue weighted by atomic mass is 10.1. The summed E-state index contributed by atoms with van der Waals surface area (Å²) in [4.78, 5) is 28.4. The summed E-state index contributed by atoms with van der Waals surface area (Å²) in [6, 6.07) is 15.8. The first-order valence-electron chi connectivity index (χ1n) is 9.27. The Morgan fingerprint density at radius 3 is 2.33 bits per heavy atom. The van der Waals surface area contributed by atoms with Gasteiger partial charge in [-0.25, -0.2) is 0 Å². The number of rotatable bonds is 8. The molecule has 0 atom stereocenters. The number of nitrogens with one attached hydrogen (secondary N) is 1. The van der Waals surface area contributed by atoms with Gasteiger partial charge in [0.25, 0.3) is 0 Å². The maximum Gasteiger partial charge on any atom is 0.238 e. The number of hydrogen-bond donors (Lipinski definition) is 1. The van der Waals surface area contributed by atoms with Crippen molar-refractivity contribution in [2.24, 2.45) is 0 Å². The molecule has 0 aromatic heterocycles. The molecular weight excluding hydrogens is 338 g/mol. The molecular formula is C22H29N3O2. The summed E-state index contributed by atoms with van der Waals surface area (Å²) in [6.07, 6.45) is 0. The lowest BCUT2D eigenvalue weighted by Gasteiger charge is -2.24. The number of anilines is 1. The number of nitrogens with zero attached hydrogens (tertiary/aromatic N) is 2. The van der Waals surface area contributed by atoms with Crippen molar-refractivity contribution in [3.05, 3.63) is 65.2 Å². The number of carbonyl (C=O) groups is 2. The summed E-state index contributed by atoms with van der Waals surface area (Å²) >= 11 is 0. The molecule has 0 radical (unpaired) electrons. The highest BCUT2D eigenvalue weighted by atomic mass is 16.2. The molecule has 0 heterocycles. The predicted octanol–water partition coefficient (Wildman–Crippen LogP) is 3.22. The van der Waals surface area contributed by atoms with E-state index in [0.717, 1.165) is 22.4 Å². The molecule has 5 nitrogen and oxygen atoms in total. The van der Waals surface area contributed by atoms with Crippen LogP contribution in [0.2, 0.25) is 0 Å². The SMILES string of the molecule is CCN(Cc1ccccc1)C(=O)CN(C)CC(=O)Nc1cccc(C)c1C. The summed E-state index contributed by atoms with van der Waals surface area (Å²) in [5, 5.41) is 2.93. The number of benzene rings is 2. The van der Waals surface area contributed by atoms with Gasteiger partial charge in [-0.2, -0.15) is 0 Å². The minimum Gasteiger partial charge on any atom is -0.338 e. The van der Waals surface area contributed by atoms with Gasteiger partial charge in [-0.1, -0.05) is 42.5 Å². The van der Waals surface area contributed by atoms with Gasteiger partial charge in [0.15, 0.2) is 0 Å². The molecule has 1 N–H and O–H groups in total. The van der Waals surface area contributed by atoms with E-state index in [4.69, 9.17) is 0 Å². The van der Waals surface area contributed by atoms with E-state index >= 15 is 0 Å². The molecule has 27 heavy (non-hydrogen) atoms. The van der Waals surface area contributed by atoms with Crippen LogP contribution >= 0.6 is 0 Å². The summed E-state index contributed by atoms with van der Waals surface area (Å²) in [5.74, 6) is -0.103. The molecule has 0 fully saturated rings. The maximum absolute atomic E-state index is 12.6. The van der Waals surface area contributed by atoms with Gasteiger partial charge in [0, 0.05) is 18.8 Å². The van der Waals surface area contributed by atoms with E-state index in [-0.39, 0.29) is 24.9 Å². The normalized spacial score (nSPS) is 10.7. The van der Waals surface area contributed by atoms with E-state index < -0.39 is 0 Å². The molecule has 5 heteroatoms. The number of likely N-dealkylation sites (N-methyl/N-ethyl adjacent to an activating group) is 2. The van der Waals surface area contributed by atoms with E-state index in [0.29, 0.717) is 13.1 Å². The molecule has 0 spiro atoms. The van der Waals surface area contributed by atoms with Crippen molar-refractivity contribution >= 4 is 17.5 Å². The van der Waals surface area contributed by atoms with Crippen LogP contribution < -0.4 is 5.32 Å². The Balaban J connectivity index is 1.87. The second-order valence-corrected chi connectivity index (χ2v) is 6.86. The Bertz CT molecular complexity index is 774. The van der Waals surface area contributed by atoms with E-state index in [1.165, 1.54) is 0 Å². The van der Waals surface area contributed by atoms with Crippen molar-refractivity contribution < 1.29 is 9.59 Å². The van der Waals surface area contributed by atoms with Crippen molar-refractivity contribution in [2.45, 2.75) is 27.3 Å². The van der Waals surface area contributed by atoms with Gasteiger partial charge < -0.3 is 10.2 Å². The molecule has 0 bridgehead atoms. The zero-order valence-electron chi connectivity index (χ0n) is 16.7. The summed E-state index contributed by atoms with van der Waals surface area (Å²) in [7, 11) is 1.79. The first-order valence-corrected chi connectivity index (χ1v) is 9.27. The predicted molar refractivity (Wildman–Crippen MR) is 110 cm³/mol. The van der Waals surface area contributed by atoms with E-state index in [9.17, 15) is 9.59 Å². The number of carbonyl (C=O) groups excluding carboxylic acids is 2. The minimum atomic E-state index is -0.120. The fourth-order valence-electron chi connectivity index (χ4n) is 2.89. The fourth-order valence-corrected chi connectivity index (χ4v) is 2.89. The Morgan fingerprint density at radius 2 is 1.67 bits per heavy atom. The Kier molecular flexibility index (Phi) is 7.55. The van der Waals surface area contributed by atoms with Crippen molar-refractivity contribution in [1.29, 1.82) is 0 Å². The van der Waals surface area contributed by atoms with Crippen LogP contribution in [0.4, 0.5) is 5.69 Å². The quantitative estimate of drug-likeness (QED) is 0.779. The molecule has 144 valence electrons. The van der Waals surface area contributed by atoms with E-state index in [1.54, 1.807) is 16.8 Å². The average Bonchev–Trinajstić information content (AvgIpc) is 2.64. The van der Waals surface area contributed by atoms with Crippen LogP contribution in [0.3, 0.4) is 0 Å². The van der Waals surface area contributed by atoms with Crippen LogP contribution in [-0.4, -0.2) is 48.3 Å². The summed E-state index contributed by atoms with van der Waals surface area (Å²) in [5.41, 5.74) is 4.11. The second-order valence-electron chi connectivity index (χ2n) is 6.86. The maximum atomic E-state index is 12.6. The third-order valence-electron chi connectivity index (χ3n) is 4.65. The van der Waals surface area contributed by atoms with Gasteiger partial charge in [-0.3, -0.25) is 14.5 Å². The van der Waals surface area contributed by atoms with Crippen LogP contribution in [0.25, 0.3) is 0 Å². The van der Waals surface area contributed by atoms with Crippen LogP contribution in [0.5, 0.6) is 0 Å². The highest BCUT2D eigenvalue weighted by Gasteiger charge is 2.16. The highest BCUT2D eigenvalue weighted by Crippen LogP contribution is 2.17. The molecule has 0 aliphatic rings. The molecule has 2 rings (SSSR count). The van der Waals surface area contributed by atoms with Crippen LogP contribution in [-0.2, 0) is 16.1 Å². The fraction of sp³-hybridized carbons (Fsp3) is 0.364. The highest BCUT2D eigenvalue weighted by molar-refractivity contribution is 5.93.